The number of carbonyl (C=O) groups excluding carboxylic acids is 1. The van der Waals surface area contributed by atoms with E-state index in [1.54, 1.807) is 14.2 Å². The van der Waals surface area contributed by atoms with Crippen LogP contribution in [0, 0.1) is 9.49 Å². The zero-order chi connectivity index (χ0) is 16.4. The van der Waals surface area contributed by atoms with E-state index < -0.39 is 0 Å². The van der Waals surface area contributed by atoms with E-state index in [0.717, 1.165) is 47.4 Å². The highest BCUT2D eigenvalue weighted by Crippen LogP contribution is 2.37. The number of Topliss-reactive ketones (excluding diaryl/α,β-unsaturated/α-hetero) is 1. The Morgan fingerprint density at radius 2 is 2.13 bits per heavy atom. The fourth-order valence-corrected chi connectivity index (χ4v) is 4.48. The summed E-state index contributed by atoms with van der Waals surface area (Å²) in [6, 6.07) is 4.09. The third-order valence-corrected chi connectivity index (χ3v) is 5.94. The summed E-state index contributed by atoms with van der Waals surface area (Å²) in [4.78, 5) is 14.0. The molecule has 124 valence electrons. The Kier molecular flexibility index (Phi) is 5.14. The van der Waals surface area contributed by atoms with Crippen LogP contribution in [-0.2, 0) is 11.2 Å². The molecule has 1 aromatic carbocycles. The normalized spacial score (nSPS) is 20.3. The molecule has 0 N–H and O–H groups in total. The molecule has 1 saturated heterocycles. The molecular formula is C18H22INO3. The summed E-state index contributed by atoms with van der Waals surface area (Å²) >= 11 is 2.33. The SMILES string of the molecule is COc1ccc(CCN2CC[C@@H]3CC(=O)CC=C32)c(I)c1OC. The average Bonchev–Trinajstić information content (AvgIpc) is 2.95. The van der Waals surface area contributed by atoms with Crippen molar-refractivity contribution in [3.8, 4) is 11.5 Å². The summed E-state index contributed by atoms with van der Waals surface area (Å²) in [5, 5.41) is 0. The second-order valence-corrected chi connectivity index (χ2v) is 7.15. The van der Waals surface area contributed by atoms with Crippen molar-refractivity contribution >= 4 is 28.4 Å². The van der Waals surface area contributed by atoms with Crippen LogP contribution in [0.3, 0.4) is 0 Å². The lowest BCUT2D eigenvalue weighted by Crippen LogP contribution is -2.24. The largest absolute Gasteiger partial charge is 0.493 e. The van der Waals surface area contributed by atoms with Gasteiger partial charge in [0.25, 0.3) is 0 Å². The molecule has 0 aromatic heterocycles. The molecule has 3 rings (SSSR count). The number of likely N-dealkylation sites (tertiary alicyclic amines) is 1. The Labute approximate surface area is 151 Å². The number of hydrogen-bond acceptors (Lipinski definition) is 4. The average molecular weight is 427 g/mol. The number of methoxy groups -OCH3 is 2. The first-order valence-corrected chi connectivity index (χ1v) is 9.08. The van der Waals surface area contributed by atoms with Crippen molar-refractivity contribution in [1.29, 1.82) is 0 Å². The van der Waals surface area contributed by atoms with Gasteiger partial charge in [0.15, 0.2) is 11.5 Å². The van der Waals surface area contributed by atoms with E-state index >= 15 is 0 Å². The van der Waals surface area contributed by atoms with E-state index in [-0.39, 0.29) is 0 Å². The maximum absolute atomic E-state index is 11.6. The molecule has 1 heterocycles. The predicted molar refractivity (Wildman–Crippen MR) is 98.0 cm³/mol. The fourth-order valence-electron chi connectivity index (χ4n) is 3.55. The van der Waals surface area contributed by atoms with Crippen molar-refractivity contribution in [2.45, 2.75) is 25.7 Å². The Bertz CT molecular complexity index is 641. The zero-order valence-corrected chi connectivity index (χ0v) is 15.8. The van der Waals surface area contributed by atoms with Gasteiger partial charge in [-0.25, -0.2) is 0 Å². The molecular weight excluding hydrogens is 405 g/mol. The topological polar surface area (TPSA) is 38.8 Å². The number of fused-ring (bicyclic) bond motifs is 1. The van der Waals surface area contributed by atoms with Gasteiger partial charge in [0.05, 0.1) is 17.8 Å². The number of benzene rings is 1. The lowest BCUT2D eigenvalue weighted by atomic mass is 9.91. The van der Waals surface area contributed by atoms with E-state index in [2.05, 4.69) is 39.6 Å². The molecule has 23 heavy (non-hydrogen) atoms. The minimum Gasteiger partial charge on any atom is -0.493 e. The molecule has 0 amide bonds. The van der Waals surface area contributed by atoms with Gasteiger partial charge in [0.2, 0.25) is 0 Å². The van der Waals surface area contributed by atoms with Gasteiger partial charge in [-0.2, -0.15) is 0 Å². The van der Waals surface area contributed by atoms with E-state index in [1.165, 1.54) is 11.3 Å². The first kappa shape index (κ1) is 16.6. The van der Waals surface area contributed by atoms with Crippen LogP contribution in [0.5, 0.6) is 11.5 Å². The second-order valence-electron chi connectivity index (χ2n) is 6.07. The van der Waals surface area contributed by atoms with Gasteiger partial charge in [-0.1, -0.05) is 12.1 Å². The van der Waals surface area contributed by atoms with Crippen molar-refractivity contribution in [3.63, 3.8) is 0 Å². The Hall–Kier alpha value is -1.24. The van der Waals surface area contributed by atoms with Gasteiger partial charge in [-0.3, -0.25) is 4.79 Å². The first-order valence-electron chi connectivity index (χ1n) is 8.00. The van der Waals surface area contributed by atoms with Crippen molar-refractivity contribution in [1.82, 2.24) is 4.90 Å². The first-order chi connectivity index (χ1) is 11.1. The molecule has 1 atom stereocenters. The highest BCUT2D eigenvalue weighted by Gasteiger charge is 2.31. The molecule has 1 aliphatic carbocycles. The Balaban J connectivity index is 1.71. The van der Waals surface area contributed by atoms with Crippen molar-refractivity contribution < 1.29 is 14.3 Å². The van der Waals surface area contributed by atoms with Crippen LogP contribution in [0.1, 0.15) is 24.8 Å². The van der Waals surface area contributed by atoms with Crippen LogP contribution in [-0.4, -0.2) is 38.0 Å². The lowest BCUT2D eigenvalue weighted by molar-refractivity contribution is -0.119. The molecule has 2 aliphatic rings. The van der Waals surface area contributed by atoms with E-state index in [1.807, 2.05) is 6.07 Å². The van der Waals surface area contributed by atoms with Crippen molar-refractivity contribution in [3.05, 3.63) is 33.0 Å². The van der Waals surface area contributed by atoms with Crippen molar-refractivity contribution in [2.24, 2.45) is 5.92 Å². The van der Waals surface area contributed by atoms with Gasteiger partial charge < -0.3 is 14.4 Å². The summed E-state index contributed by atoms with van der Waals surface area (Å²) in [5.74, 6) is 2.43. The Morgan fingerprint density at radius 1 is 1.30 bits per heavy atom. The molecule has 1 fully saturated rings. The molecule has 5 heteroatoms. The summed E-state index contributed by atoms with van der Waals surface area (Å²) in [6.45, 7) is 2.05. The zero-order valence-electron chi connectivity index (χ0n) is 13.6. The predicted octanol–water partition coefficient (Wildman–Crippen LogP) is 3.42. The third-order valence-electron chi connectivity index (χ3n) is 4.76. The molecule has 1 aliphatic heterocycles. The maximum Gasteiger partial charge on any atom is 0.174 e. The third kappa shape index (κ3) is 3.34. The number of allylic oxidation sites excluding steroid dienone is 2. The number of rotatable bonds is 5. The van der Waals surface area contributed by atoms with Crippen molar-refractivity contribution in [2.75, 3.05) is 27.3 Å². The summed E-state index contributed by atoms with van der Waals surface area (Å²) in [5.41, 5.74) is 2.67. The van der Waals surface area contributed by atoms with Crippen LogP contribution in [0.25, 0.3) is 0 Å². The van der Waals surface area contributed by atoms with Gasteiger partial charge >= 0.3 is 0 Å². The number of nitrogens with zero attached hydrogens (tertiary/aromatic N) is 1. The van der Waals surface area contributed by atoms with Gasteiger partial charge in [0.1, 0.15) is 5.78 Å². The van der Waals surface area contributed by atoms with Crippen LogP contribution < -0.4 is 9.47 Å². The summed E-state index contributed by atoms with van der Waals surface area (Å²) in [6.07, 6.45) is 5.56. The van der Waals surface area contributed by atoms with E-state index in [0.29, 0.717) is 18.1 Å². The van der Waals surface area contributed by atoms with Crippen LogP contribution in [0.4, 0.5) is 0 Å². The highest BCUT2D eigenvalue weighted by molar-refractivity contribution is 14.1. The molecule has 1 aromatic rings. The molecule has 0 saturated carbocycles. The van der Waals surface area contributed by atoms with Gasteiger partial charge in [0, 0.05) is 37.5 Å². The fraction of sp³-hybridized carbons (Fsp3) is 0.500. The summed E-state index contributed by atoms with van der Waals surface area (Å²) in [7, 11) is 3.34. The van der Waals surface area contributed by atoms with Crippen LogP contribution in [0.15, 0.2) is 23.9 Å². The molecule has 0 radical (unpaired) electrons. The highest BCUT2D eigenvalue weighted by atomic mass is 127. The number of ether oxygens (including phenoxy) is 2. The second kappa shape index (κ2) is 7.11. The number of hydrogen-bond donors (Lipinski definition) is 0. The lowest BCUT2D eigenvalue weighted by Gasteiger charge is -2.25. The molecule has 4 nitrogen and oxygen atoms in total. The molecule has 0 bridgehead atoms. The van der Waals surface area contributed by atoms with Crippen LogP contribution in [0.2, 0.25) is 0 Å². The standard InChI is InChI=1S/C18H22INO3/c1-22-16-6-3-12(17(19)18(16)23-2)7-9-20-10-8-13-11-14(21)4-5-15(13)20/h3,5-6,13H,4,7-11H2,1-2H3/t13-/m1/s1. The smallest absolute Gasteiger partial charge is 0.174 e. The molecule has 0 spiro atoms. The van der Waals surface area contributed by atoms with E-state index in [4.69, 9.17) is 9.47 Å². The molecule has 0 unspecified atom stereocenters. The quantitative estimate of drug-likeness (QED) is 0.676. The minimum absolute atomic E-state index is 0.384. The maximum atomic E-state index is 11.6. The Morgan fingerprint density at radius 3 is 2.87 bits per heavy atom. The van der Waals surface area contributed by atoms with E-state index in [9.17, 15) is 4.79 Å². The number of halogens is 1. The van der Waals surface area contributed by atoms with Gasteiger partial charge in [-0.15, -0.1) is 0 Å². The number of ketones is 1. The monoisotopic (exact) mass is 427 g/mol. The summed E-state index contributed by atoms with van der Waals surface area (Å²) < 4.78 is 12.0. The minimum atomic E-state index is 0.384. The van der Waals surface area contributed by atoms with Gasteiger partial charge in [-0.05, 0) is 47.1 Å². The van der Waals surface area contributed by atoms with Crippen LogP contribution >= 0.6 is 22.6 Å². The number of carbonyl (C=O) groups is 1.